The van der Waals surface area contributed by atoms with Crippen molar-refractivity contribution in [3.8, 4) is 11.8 Å². The van der Waals surface area contributed by atoms with E-state index in [9.17, 15) is 15.2 Å². The Morgan fingerprint density at radius 2 is 2.13 bits per heavy atom. The van der Waals surface area contributed by atoms with Gasteiger partial charge in [-0.3, -0.25) is 9.78 Å². The van der Waals surface area contributed by atoms with Crippen LogP contribution in [-0.2, 0) is 11.2 Å². The first-order valence-electron chi connectivity index (χ1n) is 7.19. The summed E-state index contributed by atoms with van der Waals surface area (Å²) >= 11 is 0. The number of hydrogen-bond acceptors (Lipinski definition) is 4. The van der Waals surface area contributed by atoms with Crippen LogP contribution in [0.4, 0.5) is 0 Å². The summed E-state index contributed by atoms with van der Waals surface area (Å²) in [5, 5.41) is 21.2. The fourth-order valence-corrected chi connectivity index (χ4v) is 2.11. The SMILES string of the molecule is CC(Cc1cccnc1)NC(=O)/C(C#N)=C/c1ccc(O)cc1. The van der Waals surface area contributed by atoms with Crippen LogP contribution in [0, 0.1) is 11.3 Å². The molecule has 1 amide bonds. The summed E-state index contributed by atoms with van der Waals surface area (Å²) in [4.78, 5) is 16.2. The molecule has 5 nitrogen and oxygen atoms in total. The molecule has 2 rings (SSSR count). The summed E-state index contributed by atoms with van der Waals surface area (Å²) in [6.07, 6.45) is 5.57. The summed E-state index contributed by atoms with van der Waals surface area (Å²) in [6, 6.07) is 11.8. The highest BCUT2D eigenvalue weighted by atomic mass is 16.3. The van der Waals surface area contributed by atoms with E-state index < -0.39 is 5.91 Å². The Morgan fingerprint density at radius 1 is 1.39 bits per heavy atom. The van der Waals surface area contributed by atoms with Crippen molar-refractivity contribution < 1.29 is 9.90 Å². The molecule has 5 heteroatoms. The lowest BCUT2D eigenvalue weighted by Gasteiger charge is -2.13. The lowest BCUT2D eigenvalue weighted by molar-refractivity contribution is -0.117. The zero-order chi connectivity index (χ0) is 16.7. The molecule has 0 aliphatic carbocycles. The number of phenolic OH excluding ortho intramolecular Hbond substituents is 1. The fourth-order valence-electron chi connectivity index (χ4n) is 2.11. The van der Waals surface area contributed by atoms with Crippen LogP contribution in [0.2, 0.25) is 0 Å². The van der Waals surface area contributed by atoms with Crippen LogP contribution in [0.3, 0.4) is 0 Å². The molecule has 0 aliphatic heterocycles. The molecule has 2 aromatic rings. The topological polar surface area (TPSA) is 86.0 Å². The quantitative estimate of drug-likeness (QED) is 0.656. The molecule has 1 atom stereocenters. The highest BCUT2D eigenvalue weighted by molar-refractivity contribution is 6.01. The predicted octanol–water partition coefficient (Wildman–Crippen LogP) is 2.44. The molecule has 0 saturated heterocycles. The first kappa shape index (κ1) is 16.2. The summed E-state index contributed by atoms with van der Waals surface area (Å²) < 4.78 is 0. The Hall–Kier alpha value is -3.13. The minimum Gasteiger partial charge on any atom is -0.508 e. The third-order valence-electron chi connectivity index (χ3n) is 3.21. The van der Waals surface area contributed by atoms with Crippen molar-refractivity contribution in [3.63, 3.8) is 0 Å². The van der Waals surface area contributed by atoms with Crippen LogP contribution in [0.15, 0.2) is 54.4 Å². The zero-order valence-corrected chi connectivity index (χ0v) is 12.7. The van der Waals surface area contributed by atoms with Crippen LogP contribution in [0.1, 0.15) is 18.1 Å². The Morgan fingerprint density at radius 3 is 2.74 bits per heavy atom. The second kappa shape index (κ2) is 7.76. The van der Waals surface area contributed by atoms with E-state index in [4.69, 9.17) is 0 Å². The molecule has 0 bridgehead atoms. The first-order chi connectivity index (χ1) is 11.1. The number of nitriles is 1. The van der Waals surface area contributed by atoms with Crippen molar-refractivity contribution in [1.29, 1.82) is 5.26 Å². The summed E-state index contributed by atoms with van der Waals surface area (Å²) in [6.45, 7) is 1.88. The van der Waals surface area contributed by atoms with E-state index in [2.05, 4.69) is 10.3 Å². The first-order valence-corrected chi connectivity index (χ1v) is 7.19. The Bertz CT molecular complexity index is 731. The predicted molar refractivity (Wildman–Crippen MR) is 87.2 cm³/mol. The number of pyridine rings is 1. The molecule has 0 fully saturated rings. The third-order valence-corrected chi connectivity index (χ3v) is 3.21. The van der Waals surface area contributed by atoms with Gasteiger partial charge in [0.25, 0.3) is 5.91 Å². The molecule has 2 N–H and O–H groups in total. The van der Waals surface area contributed by atoms with E-state index in [1.54, 1.807) is 24.5 Å². The number of phenols is 1. The summed E-state index contributed by atoms with van der Waals surface area (Å²) in [5.41, 5.74) is 1.71. The van der Waals surface area contributed by atoms with Gasteiger partial charge in [-0.25, -0.2) is 0 Å². The van der Waals surface area contributed by atoms with Crippen molar-refractivity contribution in [2.75, 3.05) is 0 Å². The monoisotopic (exact) mass is 307 g/mol. The third kappa shape index (κ3) is 4.97. The number of benzene rings is 1. The van der Waals surface area contributed by atoms with Gasteiger partial charge >= 0.3 is 0 Å². The molecule has 23 heavy (non-hydrogen) atoms. The van der Waals surface area contributed by atoms with Gasteiger partial charge in [0.15, 0.2) is 0 Å². The molecular formula is C18H17N3O2. The maximum atomic E-state index is 12.2. The molecule has 1 aromatic carbocycles. The van der Waals surface area contributed by atoms with Crippen LogP contribution >= 0.6 is 0 Å². The number of hydrogen-bond donors (Lipinski definition) is 2. The van der Waals surface area contributed by atoms with Crippen molar-refractivity contribution in [2.24, 2.45) is 0 Å². The average molecular weight is 307 g/mol. The maximum absolute atomic E-state index is 12.2. The van der Waals surface area contributed by atoms with Gasteiger partial charge in [-0.2, -0.15) is 5.26 Å². The highest BCUT2D eigenvalue weighted by Crippen LogP contribution is 2.13. The van der Waals surface area contributed by atoms with Crippen LogP contribution in [-0.4, -0.2) is 22.0 Å². The lowest BCUT2D eigenvalue weighted by atomic mass is 10.1. The number of carbonyl (C=O) groups is 1. The van der Waals surface area contributed by atoms with Crippen molar-refractivity contribution >= 4 is 12.0 Å². The fraction of sp³-hybridized carbons (Fsp3) is 0.167. The van der Waals surface area contributed by atoms with Gasteiger partial charge in [0, 0.05) is 18.4 Å². The molecule has 116 valence electrons. The van der Waals surface area contributed by atoms with Gasteiger partial charge in [-0.1, -0.05) is 18.2 Å². The number of rotatable bonds is 5. The van der Waals surface area contributed by atoms with Crippen LogP contribution < -0.4 is 5.32 Å². The van der Waals surface area contributed by atoms with E-state index in [0.717, 1.165) is 5.56 Å². The van der Waals surface area contributed by atoms with Crippen LogP contribution in [0.25, 0.3) is 6.08 Å². The number of nitrogens with one attached hydrogen (secondary N) is 1. The van der Waals surface area contributed by atoms with E-state index in [0.29, 0.717) is 12.0 Å². The van der Waals surface area contributed by atoms with Gasteiger partial charge in [0.1, 0.15) is 17.4 Å². The molecular weight excluding hydrogens is 290 g/mol. The normalized spacial score (nSPS) is 12.3. The molecule has 0 aliphatic rings. The Kier molecular flexibility index (Phi) is 5.48. The second-order valence-electron chi connectivity index (χ2n) is 5.20. The molecule has 1 heterocycles. The molecule has 0 radical (unpaired) electrons. The number of nitrogens with zero attached hydrogens (tertiary/aromatic N) is 2. The molecule has 1 aromatic heterocycles. The van der Waals surface area contributed by atoms with E-state index >= 15 is 0 Å². The number of carbonyl (C=O) groups excluding carboxylic acids is 1. The molecule has 0 spiro atoms. The van der Waals surface area contributed by atoms with E-state index in [1.807, 2.05) is 25.1 Å². The second-order valence-corrected chi connectivity index (χ2v) is 5.20. The number of amides is 1. The maximum Gasteiger partial charge on any atom is 0.262 e. The van der Waals surface area contributed by atoms with Crippen molar-refractivity contribution in [2.45, 2.75) is 19.4 Å². The van der Waals surface area contributed by atoms with Gasteiger partial charge < -0.3 is 10.4 Å². The molecule has 1 unspecified atom stereocenters. The highest BCUT2D eigenvalue weighted by Gasteiger charge is 2.13. The van der Waals surface area contributed by atoms with Gasteiger partial charge in [-0.05, 0) is 48.7 Å². The minimum absolute atomic E-state index is 0.0220. The largest absolute Gasteiger partial charge is 0.508 e. The van der Waals surface area contributed by atoms with Crippen molar-refractivity contribution in [1.82, 2.24) is 10.3 Å². The molecule has 0 saturated carbocycles. The van der Waals surface area contributed by atoms with Crippen LogP contribution in [0.5, 0.6) is 5.75 Å². The summed E-state index contributed by atoms with van der Waals surface area (Å²) in [7, 11) is 0. The minimum atomic E-state index is -0.419. The lowest BCUT2D eigenvalue weighted by Crippen LogP contribution is -2.34. The smallest absolute Gasteiger partial charge is 0.262 e. The number of aromatic hydroxyl groups is 1. The summed E-state index contributed by atoms with van der Waals surface area (Å²) in [5.74, 6) is -0.285. The zero-order valence-electron chi connectivity index (χ0n) is 12.7. The van der Waals surface area contributed by atoms with E-state index in [1.165, 1.54) is 18.2 Å². The Labute approximate surface area is 134 Å². The van der Waals surface area contributed by atoms with Gasteiger partial charge in [0.05, 0.1) is 0 Å². The van der Waals surface area contributed by atoms with Gasteiger partial charge in [-0.15, -0.1) is 0 Å². The Balaban J connectivity index is 2.02. The van der Waals surface area contributed by atoms with Gasteiger partial charge in [0.2, 0.25) is 0 Å². The van der Waals surface area contributed by atoms with E-state index in [-0.39, 0.29) is 17.4 Å². The average Bonchev–Trinajstić information content (AvgIpc) is 2.55. The van der Waals surface area contributed by atoms with Crippen molar-refractivity contribution in [3.05, 3.63) is 65.5 Å². The standard InChI is InChI=1S/C18H17N3O2/c1-13(9-15-3-2-8-20-12-15)21-18(23)16(11-19)10-14-4-6-17(22)7-5-14/h2-8,10,12-13,22H,9H2,1H3,(H,21,23)/b16-10+. The number of aromatic nitrogens is 1.